The fourth-order valence-electron chi connectivity index (χ4n) is 3.47. The third-order valence-corrected chi connectivity index (χ3v) is 4.91. The molecule has 0 saturated carbocycles. The number of benzene rings is 1. The van der Waals surface area contributed by atoms with E-state index >= 15 is 0 Å². The molecule has 1 unspecified atom stereocenters. The minimum absolute atomic E-state index is 0.117. The van der Waals surface area contributed by atoms with Gasteiger partial charge in [-0.05, 0) is 18.9 Å². The molecule has 4 rings (SSSR count). The lowest BCUT2D eigenvalue weighted by Crippen LogP contribution is -2.43. The summed E-state index contributed by atoms with van der Waals surface area (Å²) in [5, 5.41) is 2.90. The van der Waals surface area contributed by atoms with Crippen LogP contribution in [-0.4, -0.2) is 40.0 Å². The molecule has 8 heteroatoms. The van der Waals surface area contributed by atoms with Crippen LogP contribution in [0.15, 0.2) is 55.0 Å². The third kappa shape index (κ3) is 4.17. The average Bonchev–Trinajstić information content (AvgIpc) is 2.75. The number of rotatable bonds is 4. The van der Waals surface area contributed by atoms with Crippen molar-refractivity contribution in [2.75, 3.05) is 29.0 Å². The van der Waals surface area contributed by atoms with Crippen molar-refractivity contribution in [3.8, 4) is 11.4 Å². The Kier molecular flexibility index (Phi) is 5.35. The Morgan fingerprint density at radius 2 is 2.00 bits per heavy atom. The van der Waals surface area contributed by atoms with Crippen molar-refractivity contribution in [2.45, 2.75) is 18.9 Å². The first-order valence-corrected chi connectivity index (χ1v) is 9.55. The second-order valence-corrected chi connectivity index (χ2v) is 7.06. The molecule has 0 radical (unpaired) electrons. The van der Waals surface area contributed by atoms with Gasteiger partial charge in [0.05, 0.1) is 29.5 Å². The van der Waals surface area contributed by atoms with Gasteiger partial charge in [-0.25, -0.2) is 9.97 Å². The predicted octanol–water partition coefficient (Wildman–Crippen LogP) is 2.30. The molecule has 1 atom stereocenters. The van der Waals surface area contributed by atoms with Crippen molar-refractivity contribution in [1.82, 2.24) is 15.0 Å². The molecule has 1 saturated heterocycles. The monoisotopic (exact) mass is 389 g/mol. The molecule has 3 aromatic rings. The average molecular weight is 389 g/mol. The first-order valence-electron chi connectivity index (χ1n) is 9.55. The molecule has 1 aliphatic rings. The molecule has 0 aliphatic carbocycles. The summed E-state index contributed by atoms with van der Waals surface area (Å²) >= 11 is 0. The van der Waals surface area contributed by atoms with Crippen LogP contribution in [0, 0.1) is 0 Å². The van der Waals surface area contributed by atoms with E-state index in [1.165, 1.54) is 6.20 Å². The van der Waals surface area contributed by atoms with Gasteiger partial charge in [0, 0.05) is 30.9 Å². The number of nitrogens with one attached hydrogen (secondary N) is 1. The van der Waals surface area contributed by atoms with E-state index < -0.39 is 5.91 Å². The van der Waals surface area contributed by atoms with E-state index in [4.69, 9.17) is 11.5 Å². The summed E-state index contributed by atoms with van der Waals surface area (Å²) in [6, 6.07) is 11.4. The third-order valence-electron chi connectivity index (χ3n) is 4.91. The normalized spacial score (nSPS) is 16.4. The van der Waals surface area contributed by atoms with E-state index in [1.54, 1.807) is 12.4 Å². The van der Waals surface area contributed by atoms with Crippen LogP contribution in [0.1, 0.15) is 23.3 Å². The van der Waals surface area contributed by atoms with Crippen LogP contribution in [0.3, 0.4) is 0 Å². The first-order chi connectivity index (χ1) is 14.1. The maximum Gasteiger partial charge on any atom is 0.276 e. The van der Waals surface area contributed by atoms with Gasteiger partial charge in [0.2, 0.25) is 0 Å². The van der Waals surface area contributed by atoms with Gasteiger partial charge < -0.3 is 21.7 Å². The van der Waals surface area contributed by atoms with E-state index in [1.807, 2.05) is 36.4 Å². The van der Waals surface area contributed by atoms with Crippen molar-refractivity contribution in [2.24, 2.45) is 5.73 Å². The summed E-state index contributed by atoms with van der Waals surface area (Å²) < 4.78 is 0. The number of anilines is 3. The zero-order valence-electron chi connectivity index (χ0n) is 16.0. The standard InChI is InChI=1S/C21H23N7O/c22-15-7-4-10-28(13-15)18-8-9-24-12-17(18)26-21(29)19-16(23)11-25-20(27-19)14-5-2-1-3-6-14/h1-3,5-6,8-9,11-12,15H,4,7,10,13,22-23H2,(H,26,29). The number of nitrogens with zero attached hydrogens (tertiary/aromatic N) is 4. The van der Waals surface area contributed by atoms with Crippen LogP contribution in [0.25, 0.3) is 11.4 Å². The second-order valence-electron chi connectivity index (χ2n) is 7.06. The van der Waals surface area contributed by atoms with E-state index in [-0.39, 0.29) is 17.4 Å². The van der Waals surface area contributed by atoms with E-state index in [9.17, 15) is 4.79 Å². The van der Waals surface area contributed by atoms with Crippen LogP contribution in [-0.2, 0) is 0 Å². The van der Waals surface area contributed by atoms with Crippen molar-refractivity contribution in [3.05, 3.63) is 60.7 Å². The van der Waals surface area contributed by atoms with Crippen molar-refractivity contribution in [3.63, 3.8) is 0 Å². The Labute approximate surface area is 169 Å². The first kappa shape index (κ1) is 18.8. The van der Waals surface area contributed by atoms with Crippen LogP contribution < -0.4 is 21.7 Å². The van der Waals surface area contributed by atoms with Gasteiger partial charge in [-0.2, -0.15) is 0 Å². The predicted molar refractivity (Wildman–Crippen MR) is 113 cm³/mol. The number of amides is 1. The lowest BCUT2D eigenvalue weighted by molar-refractivity contribution is 0.102. The summed E-state index contributed by atoms with van der Waals surface area (Å²) in [4.78, 5) is 27.9. The molecule has 3 heterocycles. The van der Waals surface area contributed by atoms with Gasteiger partial charge in [0.25, 0.3) is 5.91 Å². The van der Waals surface area contributed by atoms with Crippen LogP contribution >= 0.6 is 0 Å². The maximum atomic E-state index is 13.0. The molecule has 1 aromatic carbocycles. The summed E-state index contributed by atoms with van der Waals surface area (Å²) in [6.07, 6.45) is 6.80. The Hall–Kier alpha value is -3.52. The number of piperidine rings is 1. The molecule has 29 heavy (non-hydrogen) atoms. The minimum Gasteiger partial charge on any atom is -0.396 e. The second kappa shape index (κ2) is 8.24. The highest BCUT2D eigenvalue weighted by atomic mass is 16.1. The number of nitrogens with two attached hydrogens (primary N) is 2. The molecule has 8 nitrogen and oxygen atoms in total. The Bertz CT molecular complexity index is 1010. The Balaban J connectivity index is 1.61. The number of hydrogen-bond donors (Lipinski definition) is 3. The molecule has 0 bridgehead atoms. The van der Waals surface area contributed by atoms with Gasteiger partial charge >= 0.3 is 0 Å². The molecule has 1 amide bonds. The molecule has 5 N–H and O–H groups in total. The fraction of sp³-hybridized carbons (Fsp3) is 0.238. The van der Waals surface area contributed by atoms with Crippen LogP contribution in [0.2, 0.25) is 0 Å². The highest BCUT2D eigenvalue weighted by molar-refractivity contribution is 6.07. The van der Waals surface area contributed by atoms with Crippen molar-refractivity contribution >= 4 is 23.0 Å². The van der Waals surface area contributed by atoms with Gasteiger partial charge in [-0.15, -0.1) is 0 Å². The van der Waals surface area contributed by atoms with Crippen LogP contribution in [0.5, 0.6) is 0 Å². The zero-order chi connectivity index (χ0) is 20.2. The number of pyridine rings is 1. The quantitative estimate of drug-likeness (QED) is 0.625. The number of aromatic nitrogens is 3. The number of hydrogen-bond acceptors (Lipinski definition) is 7. The van der Waals surface area contributed by atoms with Gasteiger partial charge in [0.15, 0.2) is 11.5 Å². The molecule has 0 spiro atoms. The number of carbonyl (C=O) groups is 1. The largest absolute Gasteiger partial charge is 0.396 e. The van der Waals surface area contributed by atoms with Gasteiger partial charge in [-0.1, -0.05) is 30.3 Å². The SMILES string of the molecule is Nc1cnc(-c2ccccc2)nc1C(=O)Nc1cnccc1N1CCCC(N)C1. The van der Waals surface area contributed by atoms with E-state index in [0.717, 1.165) is 37.2 Å². The van der Waals surface area contributed by atoms with Gasteiger partial charge in [0.1, 0.15) is 0 Å². The topological polar surface area (TPSA) is 123 Å². The molecule has 1 aliphatic heterocycles. The zero-order valence-corrected chi connectivity index (χ0v) is 16.0. The number of carbonyl (C=O) groups excluding carboxylic acids is 1. The Morgan fingerprint density at radius 1 is 1.17 bits per heavy atom. The highest BCUT2D eigenvalue weighted by Gasteiger charge is 2.21. The summed E-state index contributed by atoms with van der Waals surface area (Å²) in [5.41, 5.74) is 14.8. The fourth-order valence-corrected chi connectivity index (χ4v) is 3.47. The molecule has 1 fully saturated rings. The summed E-state index contributed by atoms with van der Waals surface area (Å²) in [7, 11) is 0. The maximum absolute atomic E-state index is 13.0. The smallest absolute Gasteiger partial charge is 0.276 e. The molecular formula is C21H23N7O. The van der Waals surface area contributed by atoms with Gasteiger partial charge in [-0.3, -0.25) is 9.78 Å². The molecule has 2 aromatic heterocycles. The highest BCUT2D eigenvalue weighted by Crippen LogP contribution is 2.28. The summed E-state index contributed by atoms with van der Waals surface area (Å²) in [5.74, 6) is 0.0380. The molecular weight excluding hydrogens is 366 g/mol. The minimum atomic E-state index is -0.405. The summed E-state index contributed by atoms with van der Waals surface area (Å²) in [6.45, 7) is 1.62. The number of nitrogen functional groups attached to an aromatic ring is 1. The van der Waals surface area contributed by atoms with Crippen LogP contribution in [0.4, 0.5) is 17.1 Å². The Morgan fingerprint density at radius 3 is 2.79 bits per heavy atom. The lowest BCUT2D eigenvalue weighted by Gasteiger charge is -2.33. The van der Waals surface area contributed by atoms with Crippen molar-refractivity contribution < 1.29 is 4.79 Å². The molecule has 148 valence electrons. The van der Waals surface area contributed by atoms with E-state index in [2.05, 4.69) is 25.2 Å². The lowest BCUT2D eigenvalue weighted by atomic mass is 10.1. The van der Waals surface area contributed by atoms with Crippen molar-refractivity contribution in [1.29, 1.82) is 0 Å². The van der Waals surface area contributed by atoms with E-state index in [0.29, 0.717) is 11.5 Å².